The Balaban J connectivity index is 0.000000295. The van der Waals surface area contributed by atoms with E-state index in [-0.39, 0.29) is 11.9 Å². The van der Waals surface area contributed by atoms with Crippen molar-refractivity contribution < 1.29 is 32.6 Å². The fourth-order valence-corrected chi connectivity index (χ4v) is 1.70. The number of rotatable bonds is 3. The van der Waals surface area contributed by atoms with Gasteiger partial charge in [-0.2, -0.15) is 13.2 Å². The molecule has 8 heteroatoms. The Morgan fingerprint density at radius 2 is 1.86 bits per heavy atom. The number of benzene rings is 1. The Morgan fingerprint density at radius 1 is 1.27 bits per heavy atom. The average molecular weight is 319 g/mol. The number of carboxylic acids is 1. The van der Waals surface area contributed by atoms with Gasteiger partial charge in [0.2, 0.25) is 0 Å². The molecule has 1 aliphatic rings. The Kier molecular flexibility index (Phi) is 6.84. The van der Waals surface area contributed by atoms with E-state index < -0.39 is 12.1 Å². The second-order valence-corrected chi connectivity index (χ2v) is 4.59. The van der Waals surface area contributed by atoms with Crippen LogP contribution in [0.5, 0.6) is 0 Å². The molecule has 1 saturated heterocycles. The van der Waals surface area contributed by atoms with Crippen molar-refractivity contribution in [1.82, 2.24) is 5.32 Å². The Hall–Kier alpha value is -2.09. The quantitative estimate of drug-likeness (QED) is 0.833. The number of hydrogen-bond acceptors (Lipinski definition) is 4. The van der Waals surface area contributed by atoms with E-state index in [1.54, 1.807) is 0 Å². The number of aliphatic carboxylic acids is 1. The van der Waals surface area contributed by atoms with Gasteiger partial charge in [-0.1, -0.05) is 30.3 Å². The van der Waals surface area contributed by atoms with Gasteiger partial charge in [-0.3, -0.25) is 4.79 Å². The van der Waals surface area contributed by atoms with Crippen LogP contribution in [-0.4, -0.2) is 36.3 Å². The zero-order chi connectivity index (χ0) is 16.6. The molecule has 122 valence electrons. The maximum Gasteiger partial charge on any atom is 0.490 e. The van der Waals surface area contributed by atoms with Gasteiger partial charge in [0.05, 0.1) is 5.92 Å². The topological polar surface area (TPSA) is 75.6 Å². The first-order valence-corrected chi connectivity index (χ1v) is 6.52. The zero-order valence-corrected chi connectivity index (χ0v) is 11.6. The van der Waals surface area contributed by atoms with Gasteiger partial charge in [0.1, 0.15) is 6.61 Å². The lowest BCUT2D eigenvalue weighted by molar-refractivity contribution is -0.192. The van der Waals surface area contributed by atoms with E-state index >= 15 is 0 Å². The third-order valence-electron chi connectivity index (χ3n) is 2.86. The van der Waals surface area contributed by atoms with E-state index in [9.17, 15) is 18.0 Å². The molecular weight excluding hydrogens is 303 g/mol. The van der Waals surface area contributed by atoms with Gasteiger partial charge in [-0.25, -0.2) is 4.79 Å². The van der Waals surface area contributed by atoms with Crippen LogP contribution in [0.25, 0.3) is 0 Å². The number of esters is 1. The summed E-state index contributed by atoms with van der Waals surface area (Å²) < 4.78 is 37.0. The molecule has 0 aromatic heterocycles. The molecule has 5 nitrogen and oxygen atoms in total. The molecule has 0 radical (unpaired) electrons. The summed E-state index contributed by atoms with van der Waals surface area (Å²) in [4.78, 5) is 20.5. The molecule has 2 N–H and O–H groups in total. The van der Waals surface area contributed by atoms with Crippen LogP contribution in [-0.2, 0) is 20.9 Å². The molecule has 1 atom stereocenters. The van der Waals surface area contributed by atoms with Crippen molar-refractivity contribution in [1.29, 1.82) is 0 Å². The molecule has 0 bridgehead atoms. The number of hydrogen-bond donors (Lipinski definition) is 2. The van der Waals surface area contributed by atoms with Gasteiger partial charge in [-0.15, -0.1) is 0 Å². The van der Waals surface area contributed by atoms with Crippen LogP contribution in [0, 0.1) is 5.92 Å². The van der Waals surface area contributed by atoms with Gasteiger partial charge >= 0.3 is 18.1 Å². The average Bonchev–Trinajstić information content (AvgIpc) is 3.00. The van der Waals surface area contributed by atoms with Gasteiger partial charge in [0.15, 0.2) is 0 Å². The Labute approximate surface area is 125 Å². The van der Waals surface area contributed by atoms with Crippen LogP contribution in [0.15, 0.2) is 30.3 Å². The van der Waals surface area contributed by atoms with Crippen molar-refractivity contribution in [2.45, 2.75) is 19.2 Å². The lowest BCUT2D eigenvalue weighted by atomic mass is 10.1. The largest absolute Gasteiger partial charge is 0.490 e. The summed E-state index contributed by atoms with van der Waals surface area (Å²) in [5.74, 6) is -2.79. The monoisotopic (exact) mass is 319 g/mol. The maximum absolute atomic E-state index is 11.6. The first-order valence-electron chi connectivity index (χ1n) is 6.52. The van der Waals surface area contributed by atoms with Crippen molar-refractivity contribution in [2.24, 2.45) is 5.92 Å². The van der Waals surface area contributed by atoms with Gasteiger partial charge in [0, 0.05) is 6.54 Å². The number of nitrogens with one attached hydrogen (secondary N) is 1. The first kappa shape index (κ1) is 18.0. The minimum Gasteiger partial charge on any atom is -0.475 e. The molecule has 0 aliphatic carbocycles. The molecule has 0 saturated carbocycles. The van der Waals surface area contributed by atoms with Gasteiger partial charge < -0.3 is 15.2 Å². The minimum absolute atomic E-state index is 0.0497. The molecule has 1 aliphatic heterocycles. The molecule has 2 rings (SSSR count). The molecule has 1 aromatic rings. The highest BCUT2D eigenvalue weighted by molar-refractivity contribution is 5.73. The lowest BCUT2D eigenvalue weighted by Crippen LogP contribution is -2.21. The van der Waals surface area contributed by atoms with Gasteiger partial charge in [0.25, 0.3) is 0 Å². The van der Waals surface area contributed by atoms with Crippen LogP contribution in [0.2, 0.25) is 0 Å². The van der Waals surface area contributed by atoms with Gasteiger partial charge in [-0.05, 0) is 18.5 Å². The number of alkyl halides is 3. The maximum atomic E-state index is 11.6. The molecule has 0 spiro atoms. The predicted octanol–water partition coefficient (Wildman–Crippen LogP) is 1.97. The highest BCUT2D eigenvalue weighted by atomic mass is 19.4. The second kappa shape index (κ2) is 8.38. The molecule has 1 aromatic carbocycles. The molecular formula is C14H16F3NO4. The minimum atomic E-state index is -5.08. The zero-order valence-electron chi connectivity index (χ0n) is 11.6. The van der Waals surface area contributed by atoms with Crippen LogP contribution in [0.1, 0.15) is 12.0 Å². The van der Waals surface area contributed by atoms with Crippen LogP contribution < -0.4 is 5.32 Å². The summed E-state index contributed by atoms with van der Waals surface area (Å²) in [5, 5.41) is 10.3. The van der Waals surface area contributed by atoms with Crippen LogP contribution in [0.3, 0.4) is 0 Å². The molecule has 1 unspecified atom stereocenters. The van der Waals surface area contributed by atoms with E-state index in [0.717, 1.165) is 25.1 Å². The van der Waals surface area contributed by atoms with Crippen molar-refractivity contribution in [3.63, 3.8) is 0 Å². The summed E-state index contributed by atoms with van der Waals surface area (Å²) in [7, 11) is 0. The second-order valence-electron chi connectivity index (χ2n) is 4.59. The molecule has 1 heterocycles. The van der Waals surface area contributed by atoms with E-state index in [2.05, 4.69) is 5.32 Å². The predicted molar refractivity (Wildman–Crippen MR) is 70.9 cm³/mol. The normalized spacial score (nSPS) is 17.3. The smallest absolute Gasteiger partial charge is 0.475 e. The summed E-state index contributed by atoms with van der Waals surface area (Å²) in [6, 6.07) is 9.76. The molecule has 0 amide bonds. The lowest BCUT2D eigenvalue weighted by Gasteiger charge is -2.08. The third kappa shape index (κ3) is 6.57. The number of carbonyl (C=O) groups excluding carboxylic acids is 1. The number of carboxylic acid groups (broad SMARTS) is 1. The van der Waals surface area contributed by atoms with E-state index in [1.807, 2.05) is 30.3 Å². The summed E-state index contributed by atoms with van der Waals surface area (Å²) in [5.41, 5.74) is 1.04. The summed E-state index contributed by atoms with van der Waals surface area (Å²) in [6.07, 6.45) is -4.19. The van der Waals surface area contributed by atoms with Crippen molar-refractivity contribution in [2.75, 3.05) is 13.1 Å². The fourth-order valence-electron chi connectivity index (χ4n) is 1.70. The van der Waals surface area contributed by atoms with E-state index in [0.29, 0.717) is 6.61 Å². The molecule has 1 fully saturated rings. The van der Waals surface area contributed by atoms with E-state index in [1.165, 1.54) is 0 Å². The van der Waals surface area contributed by atoms with E-state index in [4.69, 9.17) is 14.6 Å². The van der Waals surface area contributed by atoms with Crippen molar-refractivity contribution >= 4 is 11.9 Å². The fraction of sp³-hybridized carbons (Fsp3) is 0.429. The van der Waals surface area contributed by atoms with Crippen LogP contribution >= 0.6 is 0 Å². The van der Waals surface area contributed by atoms with Crippen molar-refractivity contribution in [3.05, 3.63) is 35.9 Å². The number of carbonyl (C=O) groups is 2. The Bertz CT molecular complexity index is 485. The highest BCUT2D eigenvalue weighted by Gasteiger charge is 2.38. The van der Waals surface area contributed by atoms with Crippen molar-refractivity contribution in [3.8, 4) is 0 Å². The van der Waals surface area contributed by atoms with Crippen LogP contribution in [0.4, 0.5) is 13.2 Å². The summed E-state index contributed by atoms with van der Waals surface area (Å²) >= 11 is 0. The first-order chi connectivity index (χ1) is 10.3. The number of ether oxygens (including phenoxy) is 1. The summed E-state index contributed by atoms with van der Waals surface area (Å²) in [6.45, 7) is 2.06. The number of halogens is 3. The highest BCUT2D eigenvalue weighted by Crippen LogP contribution is 2.13. The third-order valence-corrected chi connectivity index (χ3v) is 2.86. The molecule has 22 heavy (non-hydrogen) atoms. The standard InChI is InChI=1S/C12H15NO2.C2HF3O2/c14-12(11-6-7-13-8-11)15-9-10-4-2-1-3-5-10;3-2(4,5)1(6)7/h1-5,11,13H,6-9H2;(H,6,7). The SMILES string of the molecule is O=C(O)C(F)(F)F.O=C(OCc1ccccc1)C1CCNC1. The Morgan fingerprint density at radius 3 is 2.32 bits per heavy atom.